The Hall–Kier alpha value is -2.34. The summed E-state index contributed by atoms with van der Waals surface area (Å²) < 4.78 is 5.99. The van der Waals surface area contributed by atoms with E-state index in [1.807, 2.05) is 24.3 Å². The third-order valence-electron chi connectivity index (χ3n) is 3.93. The van der Waals surface area contributed by atoms with Crippen LogP contribution in [-0.2, 0) is 0 Å². The van der Waals surface area contributed by atoms with Gasteiger partial charge >= 0.3 is 5.97 Å². The number of carboxylic acid groups (broad SMARTS) is 1. The number of benzene rings is 1. The lowest BCUT2D eigenvalue weighted by Gasteiger charge is -2.29. The van der Waals surface area contributed by atoms with Gasteiger partial charge in [0.15, 0.2) is 0 Å². The fourth-order valence-electron chi connectivity index (χ4n) is 2.58. The quantitative estimate of drug-likeness (QED) is 0.905. The second kappa shape index (κ2) is 6.19. The van der Waals surface area contributed by atoms with E-state index in [1.54, 1.807) is 0 Å². The van der Waals surface area contributed by atoms with E-state index in [0.717, 1.165) is 37.2 Å². The maximum absolute atomic E-state index is 10.8. The third-order valence-corrected chi connectivity index (χ3v) is 3.93. The van der Waals surface area contributed by atoms with Crippen molar-refractivity contribution in [2.24, 2.45) is 0 Å². The second-order valence-electron chi connectivity index (χ2n) is 5.62. The maximum Gasteiger partial charge on any atom is 0.353 e. The molecule has 1 aliphatic rings. The van der Waals surface area contributed by atoms with Crippen LogP contribution in [0.25, 0.3) is 11.3 Å². The Balaban J connectivity index is 1.65. The van der Waals surface area contributed by atoms with Gasteiger partial charge in [-0.25, -0.2) is 4.79 Å². The van der Waals surface area contributed by atoms with Crippen molar-refractivity contribution < 1.29 is 14.6 Å². The van der Waals surface area contributed by atoms with Crippen molar-refractivity contribution in [3.05, 3.63) is 36.0 Å². The minimum absolute atomic E-state index is 0.0849. The van der Waals surface area contributed by atoms with Gasteiger partial charge in [-0.15, -0.1) is 0 Å². The third kappa shape index (κ3) is 3.28. The SMILES string of the molecule is CN1CCC(Oc2ccc(-c3cc(C(=O)O)[nH]n3)cc2)CC1. The zero-order chi connectivity index (χ0) is 15.5. The summed E-state index contributed by atoms with van der Waals surface area (Å²) in [6, 6.07) is 9.12. The Labute approximate surface area is 128 Å². The van der Waals surface area contributed by atoms with Crippen LogP contribution >= 0.6 is 0 Å². The average molecular weight is 301 g/mol. The number of hydrogen-bond acceptors (Lipinski definition) is 4. The van der Waals surface area contributed by atoms with E-state index in [-0.39, 0.29) is 11.8 Å². The summed E-state index contributed by atoms with van der Waals surface area (Å²) >= 11 is 0. The highest BCUT2D eigenvalue weighted by atomic mass is 16.5. The molecule has 0 atom stereocenters. The highest BCUT2D eigenvalue weighted by Crippen LogP contribution is 2.23. The molecule has 0 radical (unpaired) electrons. The molecule has 6 nitrogen and oxygen atoms in total. The van der Waals surface area contributed by atoms with Crippen LogP contribution in [0.5, 0.6) is 5.75 Å². The van der Waals surface area contributed by atoms with Gasteiger partial charge in [0.05, 0.1) is 5.69 Å². The number of rotatable bonds is 4. The predicted molar refractivity (Wildman–Crippen MR) is 82.1 cm³/mol. The number of ether oxygens (including phenoxy) is 1. The highest BCUT2D eigenvalue weighted by Gasteiger charge is 2.18. The average Bonchev–Trinajstić information content (AvgIpc) is 3.00. The number of aromatic nitrogens is 2. The lowest BCUT2D eigenvalue weighted by Crippen LogP contribution is -2.35. The van der Waals surface area contributed by atoms with Crippen LogP contribution in [0.1, 0.15) is 23.3 Å². The van der Waals surface area contributed by atoms with Gasteiger partial charge in [-0.3, -0.25) is 5.10 Å². The van der Waals surface area contributed by atoms with Gasteiger partial charge in [0.25, 0.3) is 0 Å². The fourth-order valence-corrected chi connectivity index (χ4v) is 2.58. The number of nitrogens with zero attached hydrogens (tertiary/aromatic N) is 2. The molecular formula is C16H19N3O3. The lowest BCUT2D eigenvalue weighted by atomic mass is 10.1. The summed E-state index contributed by atoms with van der Waals surface area (Å²) in [4.78, 5) is 13.2. The van der Waals surface area contributed by atoms with Crippen molar-refractivity contribution in [2.45, 2.75) is 18.9 Å². The van der Waals surface area contributed by atoms with Crippen LogP contribution in [0.2, 0.25) is 0 Å². The summed E-state index contributed by atoms with van der Waals surface area (Å²) in [5, 5.41) is 15.4. The van der Waals surface area contributed by atoms with Gasteiger partial charge in [-0.1, -0.05) is 0 Å². The molecule has 2 N–H and O–H groups in total. The van der Waals surface area contributed by atoms with Crippen molar-refractivity contribution in [2.75, 3.05) is 20.1 Å². The summed E-state index contributed by atoms with van der Waals surface area (Å²) in [6.07, 6.45) is 2.35. The molecule has 0 spiro atoms. The molecule has 1 aliphatic heterocycles. The Morgan fingerprint density at radius 2 is 2.00 bits per heavy atom. The van der Waals surface area contributed by atoms with E-state index in [1.165, 1.54) is 6.07 Å². The molecule has 0 amide bonds. The Morgan fingerprint density at radius 3 is 2.59 bits per heavy atom. The maximum atomic E-state index is 10.8. The van der Waals surface area contributed by atoms with Crippen LogP contribution in [0.3, 0.4) is 0 Å². The molecule has 0 aliphatic carbocycles. The Bertz CT molecular complexity index is 643. The number of H-pyrrole nitrogens is 1. The van der Waals surface area contributed by atoms with Gasteiger partial charge in [0, 0.05) is 18.7 Å². The van der Waals surface area contributed by atoms with Crippen LogP contribution in [0.15, 0.2) is 30.3 Å². The van der Waals surface area contributed by atoms with Gasteiger partial charge in [-0.2, -0.15) is 5.10 Å². The molecule has 2 heterocycles. The summed E-state index contributed by atoms with van der Waals surface area (Å²) in [5.74, 6) is -0.173. The number of hydrogen-bond donors (Lipinski definition) is 2. The molecular weight excluding hydrogens is 282 g/mol. The van der Waals surface area contributed by atoms with Crippen LogP contribution in [0, 0.1) is 0 Å². The van der Waals surface area contributed by atoms with Crippen LogP contribution in [-0.4, -0.2) is 52.4 Å². The molecule has 1 aromatic heterocycles. The van der Waals surface area contributed by atoms with Crippen molar-refractivity contribution in [3.63, 3.8) is 0 Å². The van der Waals surface area contributed by atoms with Gasteiger partial charge in [0.1, 0.15) is 17.5 Å². The van der Waals surface area contributed by atoms with Gasteiger partial charge in [0.2, 0.25) is 0 Å². The molecule has 1 aromatic carbocycles. The lowest BCUT2D eigenvalue weighted by molar-refractivity contribution is 0.0690. The number of likely N-dealkylation sites (tertiary alicyclic amines) is 1. The van der Waals surface area contributed by atoms with Crippen LogP contribution < -0.4 is 4.74 Å². The molecule has 22 heavy (non-hydrogen) atoms. The minimum atomic E-state index is -1.01. The van der Waals surface area contributed by atoms with Crippen molar-refractivity contribution in [1.29, 1.82) is 0 Å². The Kier molecular flexibility index (Phi) is 4.11. The topological polar surface area (TPSA) is 78.5 Å². The number of aromatic carboxylic acids is 1. The molecule has 1 saturated heterocycles. The van der Waals surface area contributed by atoms with E-state index >= 15 is 0 Å². The highest BCUT2D eigenvalue weighted by molar-refractivity contribution is 5.86. The molecule has 3 rings (SSSR count). The fraction of sp³-hybridized carbons (Fsp3) is 0.375. The first-order chi connectivity index (χ1) is 10.6. The standard InChI is InChI=1S/C16H19N3O3/c1-19-8-6-13(7-9-19)22-12-4-2-11(3-5-12)14-10-15(16(20)21)18-17-14/h2-5,10,13H,6-9H2,1H3,(H,17,18)(H,20,21). The number of nitrogens with one attached hydrogen (secondary N) is 1. The van der Waals surface area contributed by atoms with Crippen molar-refractivity contribution >= 4 is 5.97 Å². The van der Waals surface area contributed by atoms with E-state index in [4.69, 9.17) is 9.84 Å². The molecule has 116 valence electrons. The molecule has 0 bridgehead atoms. The molecule has 0 unspecified atom stereocenters. The largest absolute Gasteiger partial charge is 0.490 e. The number of carboxylic acids is 1. The van der Waals surface area contributed by atoms with Gasteiger partial charge in [-0.05, 0) is 50.2 Å². The molecule has 2 aromatic rings. The molecule has 1 fully saturated rings. The smallest absolute Gasteiger partial charge is 0.353 e. The summed E-state index contributed by atoms with van der Waals surface area (Å²) in [7, 11) is 2.13. The van der Waals surface area contributed by atoms with E-state index < -0.39 is 5.97 Å². The van der Waals surface area contributed by atoms with E-state index in [2.05, 4.69) is 22.1 Å². The predicted octanol–water partition coefficient (Wildman–Crippen LogP) is 2.25. The minimum Gasteiger partial charge on any atom is -0.490 e. The number of piperidine rings is 1. The monoisotopic (exact) mass is 301 g/mol. The zero-order valence-electron chi connectivity index (χ0n) is 12.5. The number of aromatic amines is 1. The first-order valence-corrected chi connectivity index (χ1v) is 7.36. The van der Waals surface area contributed by atoms with Crippen LogP contribution in [0.4, 0.5) is 0 Å². The summed E-state index contributed by atoms with van der Waals surface area (Å²) in [6.45, 7) is 2.13. The van der Waals surface area contributed by atoms with E-state index in [0.29, 0.717) is 5.69 Å². The normalized spacial score (nSPS) is 16.6. The molecule has 0 saturated carbocycles. The first-order valence-electron chi connectivity index (χ1n) is 7.36. The van der Waals surface area contributed by atoms with Gasteiger partial charge < -0.3 is 14.7 Å². The van der Waals surface area contributed by atoms with E-state index in [9.17, 15) is 4.79 Å². The zero-order valence-corrected chi connectivity index (χ0v) is 12.5. The molecule has 6 heteroatoms. The van der Waals surface area contributed by atoms with Crippen molar-refractivity contribution in [1.82, 2.24) is 15.1 Å². The first kappa shape index (κ1) is 14.6. The number of carbonyl (C=O) groups is 1. The summed E-state index contributed by atoms with van der Waals surface area (Å²) in [5.41, 5.74) is 1.56. The Morgan fingerprint density at radius 1 is 1.32 bits per heavy atom. The van der Waals surface area contributed by atoms with Crippen molar-refractivity contribution in [3.8, 4) is 17.0 Å². The second-order valence-corrected chi connectivity index (χ2v) is 5.62.